The van der Waals surface area contributed by atoms with Gasteiger partial charge in [0.05, 0.1) is 12.3 Å². The molecule has 1 aromatic rings. The summed E-state index contributed by atoms with van der Waals surface area (Å²) < 4.78 is 5.35. The number of nitrogens with zero attached hydrogens (tertiary/aromatic N) is 2. The zero-order valence-corrected chi connectivity index (χ0v) is 12.9. The summed E-state index contributed by atoms with van der Waals surface area (Å²) in [6.45, 7) is 11.7. The molecule has 0 aliphatic rings. The fraction of sp³-hybridized carbons (Fsp3) is 0.769. The lowest BCUT2D eigenvalue weighted by atomic mass is 10.1. The Morgan fingerprint density at radius 3 is 2.78 bits per heavy atom. The average Bonchev–Trinajstić information content (AvgIpc) is 2.74. The summed E-state index contributed by atoms with van der Waals surface area (Å²) in [6.07, 6.45) is 0. The topological polar surface area (TPSA) is 37.4 Å². The van der Waals surface area contributed by atoms with E-state index >= 15 is 0 Å². The van der Waals surface area contributed by atoms with E-state index in [1.807, 2.05) is 6.92 Å². The van der Waals surface area contributed by atoms with Crippen molar-refractivity contribution < 1.29 is 4.74 Å². The quantitative estimate of drug-likeness (QED) is 0.773. The molecule has 0 fully saturated rings. The molecule has 0 bridgehead atoms. The van der Waals surface area contributed by atoms with E-state index in [0.717, 1.165) is 37.1 Å². The minimum Gasteiger partial charge on any atom is -0.380 e. The highest BCUT2D eigenvalue weighted by Crippen LogP contribution is 2.19. The molecule has 0 saturated heterocycles. The van der Waals surface area contributed by atoms with Crippen molar-refractivity contribution in [2.45, 2.75) is 39.8 Å². The summed E-state index contributed by atoms with van der Waals surface area (Å²) in [5.41, 5.74) is 1.23. The fourth-order valence-electron chi connectivity index (χ4n) is 1.35. The third kappa shape index (κ3) is 5.80. The second-order valence-corrected chi connectivity index (χ2v) is 6.18. The van der Waals surface area contributed by atoms with Gasteiger partial charge in [-0.25, -0.2) is 4.98 Å². The average molecular weight is 271 g/mol. The van der Waals surface area contributed by atoms with E-state index in [9.17, 15) is 0 Å². The summed E-state index contributed by atoms with van der Waals surface area (Å²) in [5, 5.41) is 6.62. The number of anilines is 1. The van der Waals surface area contributed by atoms with E-state index in [4.69, 9.17) is 4.74 Å². The Kier molecular flexibility index (Phi) is 6.05. The van der Waals surface area contributed by atoms with Gasteiger partial charge >= 0.3 is 0 Å². The van der Waals surface area contributed by atoms with Gasteiger partial charge in [-0.15, -0.1) is 11.3 Å². The van der Waals surface area contributed by atoms with Crippen molar-refractivity contribution in [2.75, 3.05) is 31.7 Å². The fourth-order valence-corrected chi connectivity index (χ4v) is 2.17. The van der Waals surface area contributed by atoms with Gasteiger partial charge in [-0.05, 0) is 27.7 Å². The highest BCUT2D eigenvalue weighted by Gasteiger charge is 2.11. The molecule has 0 saturated carbocycles. The van der Waals surface area contributed by atoms with Gasteiger partial charge in [0, 0.05) is 37.7 Å². The number of ether oxygens (including phenoxy) is 1. The lowest BCUT2D eigenvalue weighted by molar-refractivity contribution is 0.154. The van der Waals surface area contributed by atoms with Crippen LogP contribution >= 0.6 is 11.3 Å². The molecule has 0 radical (unpaired) electrons. The first-order valence-electron chi connectivity index (χ1n) is 6.40. The first-order chi connectivity index (χ1) is 8.42. The van der Waals surface area contributed by atoms with Crippen LogP contribution in [-0.2, 0) is 11.3 Å². The van der Waals surface area contributed by atoms with E-state index in [1.165, 1.54) is 0 Å². The Morgan fingerprint density at radius 1 is 1.44 bits per heavy atom. The monoisotopic (exact) mass is 271 g/mol. The summed E-state index contributed by atoms with van der Waals surface area (Å²) in [7, 11) is 2.05. The molecule has 18 heavy (non-hydrogen) atoms. The van der Waals surface area contributed by atoms with Gasteiger partial charge in [-0.3, -0.25) is 0 Å². The van der Waals surface area contributed by atoms with Crippen LogP contribution in [0.25, 0.3) is 0 Å². The van der Waals surface area contributed by atoms with Crippen molar-refractivity contribution in [3.8, 4) is 0 Å². The molecular formula is C13H25N3OS. The molecule has 4 nitrogen and oxygen atoms in total. The minimum atomic E-state index is 0.130. The Balaban J connectivity index is 2.42. The van der Waals surface area contributed by atoms with Crippen LogP contribution in [0.5, 0.6) is 0 Å². The van der Waals surface area contributed by atoms with Crippen LogP contribution in [-0.4, -0.2) is 37.3 Å². The molecule has 1 heterocycles. The molecule has 0 amide bonds. The van der Waals surface area contributed by atoms with Gasteiger partial charge in [-0.2, -0.15) is 0 Å². The number of aromatic nitrogens is 1. The number of nitrogens with one attached hydrogen (secondary N) is 1. The molecule has 1 N–H and O–H groups in total. The summed E-state index contributed by atoms with van der Waals surface area (Å²) in [5.74, 6) is 0. The predicted octanol–water partition coefficient (Wildman–Crippen LogP) is 2.50. The van der Waals surface area contributed by atoms with Crippen molar-refractivity contribution in [3.05, 3.63) is 11.1 Å². The van der Waals surface area contributed by atoms with Crippen LogP contribution in [0, 0.1) is 0 Å². The van der Waals surface area contributed by atoms with Crippen LogP contribution < -0.4 is 10.2 Å². The SMILES string of the molecule is CCOCCN(C)c1nc(CNC(C)(C)C)cs1. The van der Waals surface area contributed by atoms with E-state index < -0.39 is 0 Å². The summed E-state index contributed by atoms with van der Waals surface area (Å²) in [4.78, 5) is 6.76. The van der Waals surface area contributed by atoms with Crippen LogP contribution in [0.3, 0.4) is 0 Å². The maximum absolute atomic E-state index is 5.35. The van der Waals surface area contributed by atoms with E-state index in [1.54, 1.807) is 11.3 Å². The zero-order chi connectivity index (χ0) is 13.6. The molecule has 5 heteroatoms. The highest BCUT2D eigenvalue weighted by molar-refractivity contribution is 7.13. The predicted molar refractivity (Wildman–Crippen MR) is 78.5 cm³/mol. The lowest BCUT2D eigenvalue weighted by Gasteiger charge is -2.19. The summed E-state index contributed by atoms with van der Waals surface area (Å²) >= 11 is 1.69. The van der Waals surface area contributed by atoms with Gasteiger partial charge in [0.15, 0.2) is 5.13 Å². The number of hydrogen-bond donors (Lipinski definition) is 1. The van der Waals surface area contributed by atoms with Gasteiger partial charge in [0.1, 0.15) is 0 Å². The lowest BCUT2D eigenvalue weighted by Crippen LogP contribution is -2.35. The van der Waals surface area contributed by atoms with Crippen molar-refractivity contribution >= 4 is 16.5 Å². The Bertz CT molecular complexity index is 346. The molecule has 1 aromatic heterocycles. The standard InChI is InChI=1S/C13H25N3OS/c1-6-17-8-7-16(5)12-15-11(10-18-12)9-14-13(2,3)4/h10,14H,6-9H2,1-5H3. The Morgan fingerprint density at radius 2 is 2.17 bits per heavy atom. The number of likely N-dealkylation sites (N-methyl/N-ethyl adjacent to an activating group) is 1. The minimum absolute atomic E-state index is 0.130. The number of hydrogen-bond acceptors (Lipinski definition) is 5. The normalized spacial score (nSPS) is 11.8. The first-order valence-corrected chi connectivity index (χ1v) is 7.28. The van der Waals surface area contributed by atoms with Crippen LogP contribution in [0.2, 0.25) is 0 Å². The molecular weight excluding hydrogens is 246 g/mol. The van der Waals surface area contributed by atoms with Crippen molar-refractivity contribution in [1.82, 2.24) is 10.3 Å². The maximum Gasteiger partial charge on any atom is 0.185 e. The Labute approximate surface area is 114 Å². The first kappa shape index (κ1) is 15.4. The van der Waals surface area contributed by atoms with Gasteiger partial charge in [0.2, 0.25) is 0 Å². The van der Waals surface area contributed by atoms with Crippen molar-refractivity contribution in [2.24, 2.45) is 0 Å². The second-order valence-electron chi connectivity index (χ2n) is 5.34. The molecule has 0 aliphatic heterocycles. The third-order valence-corrected chi connectivity index (χ3v) is 3.44. The van der Waals surface area contributed by atoms with Crippen LogP contribution in [0.15, 0.2) is 5.38 Å². The largest absolute Gasteiger partial charge is 0.380 e. The van der Waals surface area contributed by atoms with Gasteiger partial charge in [0.25, 0.3) is 0 Å². The van der Waals surface area contributed by atoms with Gasteiger partial charge in [-0.1, -0.05) is 0 Å². The smallest absolute Gasteiger partial charge is 0.185 e. The van der Waals surface area contributed by atoms with Crippen molar-refractivity contribution in [1.29, 1.82) is 0 Å². The van der Waals surface area contributed by atoms with Crippen molar-refractivity contribution in [3.63, 3.8) is 0 Å². The third-order valence-electron chi connectivity index (χ3n) is 2.44. The maximum atomic E-state index is 5.35. The molecule has 0 unspecified atom stereocenters. The van der Waals surface area contributed by atoms with E-state index in [-0.39, 0.29) is 5.54 Å². The molecule has 104 valence electrons. The Hall–Kier alpha value is -0.650. The molecule has 0 atom stereocenters. The molecule has 0 aromatic carbocycles. The second kappa shape index (κ2) is 7.07. The highest BCUT2D eigenvalue weighted by atomic mass is 32.1. The number of thiazole rings is 1. The van der Waals surface area contributed by atoms with Crippen LogP contribution in [0.1, 0.15) is 33.4 Å². The molecule has 0 spiro atoms. The van der Waals surface area contributed by atoms with Gasteiger partial charge < -0.3 is 15.0 Å². The molecule has 1 rings (SSSR count). The number of rotatable bonds is 7. The van der Waals surface area contributed by atoms with Crippen LogP contribution in [0.4, 0.5) is 5.13 Å². The van der Waals surface area contributed by atoms with E-state index in [0.29, 0.717) is 0 Å². The summed E-state index contributed by atoms with van der Waals surface area (Å²) in [6, 6.07) is 0. The zero-order valence-electron chi connectivity index (χ0n) is 12.1. The molecule has 0 aliphatic carbocycles. The van der Waals surface area contributed by atoms with E-state index in [2.05, 4.69) is 48.4 Å².